The number of ether oxygens (including phenoxy) is 1. The van der Waals surface area contributed by atoms with Crippen LogP contribution in [0, 0.1) is 0 Å². The molecule has 0 aliphatic rings. The Balaban J connectivity index is 1.68. The predicted octanol–water partition coefficient (Wildman–Crippen LogP) is 5.51. The number of fused-ring (bicyclic) bond motifs is 1. The normalized spacial score (nSPS) is 10.9. The predicted molar refractivity (Wildman–Crippen MR) is 115 cm³/mol. The number of rotatable bonds is 6. The van der Waals surface area contributed by atoms with E-state index in [-0.39, 0.29) is 5.56 Å². The summed E-state index contributed by atoms with van der Waals surface area (Å²) < 4.78 is 7.49. The Labute approximate surface area is 164 Å². The fraction of sp³-hybridized carbons (Fsp3) is 0.160. The van der Waals surface area contributed by atoms with E-state index >= 15 is 0 Å². The second kappa shape index (κ2) is 8.13. The van der Waals surface area contributed by atoms with Crippen LogP contribution in [0.15, 0.2) is 89.7 Å². The minimum absolute atomic E-state index is 0.0153. The Bertz CT molecular complexity index is 1130. The lowest BCUT2D eigenvalue weighted by molar-refractivity contribution is 0.317. The maximum atomic E-state index is 12.5. The van der Waals surface area contributed by atoms with Crippen molar-refractivity contribution in [3.63, 3.8) is 0 Å². The molecule has 0 N–H and O–H groups in total. The van der Waals surface area contributed by atoms with E-state index in [0.717, 1.165) is 46.4 Å². The van der Waals surface area contributed by atoms with Crippen molar-refractivity contribution in [3.8, 4) is 16.9 Å². The summed E-state index contributed by atoms with van der Waals surface area (Å²) in [5.41, 5.74) is 4.33. The summed E-state index contributed by atoms with van der Waals surface area (Å²) in [6.45, 7) is 3.40. The summed E-state index contributed by atoms with van der Waals surface area (Å²) in [6.07, 6.45) is 0.997. The molecule has 0 saturated carbocycles. The van der Waals surface area contributed by atoms with Crippen molar-refractivity contribution >= 4 is 10.9 Å². The Kier molecular flexibility index (Phi) is 5.24. The molecular weight excluding hydrogens is 346 g/mol. The third-order valence-electron chi connectivity index (χ3n) is 4.83. The molecule has 4 aromatic rings. The molecule has 0 amide bonds. The van der Waals surface area contributed by atoms with Gasteiger partial charge in [0.25, 0.3) is 5.56 Å². The first-order valence-corrected chi connectivity index (χ1v) is 9.65. The van der Waals surface area contributed by atoms with E-state index in [1.165, 1.54) is 0 Å². The molecule has 0 unspecified atom stereocenters. The lowest BCUT2D eigenvalue weighted by atomic mass is 10.0. The third kappa shape index (κ3) is 3.84. The van der Waals surface area contributed by atoms with Crippen LogP contribution in [0.2, 0.25) is 0 Å². The van der Waals surface area contributed by atoms with Crippen molar-refractivity contribution in [1.29, 1.82) is 0 Å². The van der Waals surface area contributed by atoms with E-state index in [1.54, 1.807) is 6.07 Å². The van der Waals surface area contributed by atoms with Gasteiger partial charge in [0, 0.05) is 6.07 Å². The molecule has 3 nitrogen and oxygen atoms in total. The first kappa shape index (κ1) is 18.1. The van der Waals surface area contributed by atoms with Crippen molar-refractivity contribution in [1.82, 2.24) is 4.57 Å². The molecule has 0 radical (unpaired) electrons. The number of aromatic nitrogens is 1. The van der Waals surface area contributed by atoms with Gasteiger partial charge in [-0.1, -0.05) is 55.5 Å². The molecule has 28 heavy (non-hydrogen) atoms. The Morgan fingerprint density at radius 3 is 2.32 bits per heavy atom. The smallest absolute Gasteiger partial charge is 0.251 e. The number of hydrogen-bond donors (Lipinski definition) is 0. The van der Waals surface area contributed by atoms with Crippen LogP contribution in [0.25, 0.3) is 22.0 Å². The molecule has 0 bridgehead atoms. The fourth-order valence-electron chi connectivity index (χ4n) is 3.38. The van der Waals surface area contributed by atoms with Crippen LogP contribution in [-0.4, -0.2) is 11.2 Å². The van der Waals surface area contributed by atoms with Gasteiger partial charge in [-0.15, -0.1) is 0 Å². The molecule has 0 fully saturated rings. The molecule has 3 aromatic carbocycles. The average Bonchev–Trinajstić information content (AvgIpc) is 2.75. The summed E-state index contributed by atoms with van der Waals surface area (Å²) in [6, 6.07) is 28.0. The zero-order valence-corrected chi connectivity index (χ0v) is 16.0. The van der Waals surface area contributed by atoms with Gasteiger partial charge < -0.3 is 9.30 Å². The maximum Gasteiger partial charge on any atom is 0.251 e. The summed E-state index contributed by atoms with van der Waals surface area (Å²) in [5.74, 6) is 0.892. The first-order valence-electron chi connectivity index (χ1n) is 9.65. The molecule has 0 aliphatic heterocycles. The van der Waals surface area contributed by atoms with Crippen LogP contribution in [0.1, 0.15) is 18.9 Å². The third-order valence-corrected chi connectivity index (χ3v) is 4.83. The average molecular weight is 369 g/mol. The van der Waals surface area contributed by atoms with Crippen LogP contribution >= 0.6 is 0 Å². The van der Waals surface area contributed by atoms with Crippen molar-refractivity contribution < 1.29 is 4.74 Å². The Hall–Kier alpha value is -3.33. The molecule has 0 saturated heterocycles. The summed E-state index contributed by atoms with van der Waals surface area (Å²) in [5, 5.41) is 1.05. The lowest BCUT2D eigenvalue weighted by Crippen LogP contribution is -2.19. The fourth-order valence-corrected chi connectivity index (χ4v) is 3.38. The molecule has 1 aromatic heterocycles. The molecule has 0 spiro atoms. The number of pyridine rings is 1. The van der Waals surface area contributed by atoms with E-state index in [9.17, 15) is 4.79 Å². The van der Waals surface area contributed by atoms with Gasteiger partial charge in [-0.05, 0) is 58.8 Å². The van der Waals surface area contributed by atoms with Crippen molar-refractivity contribution in [2.24, 2.45) is 0 Å². The van der Waals surface area contributed by atoms with Crippen LogP contribution in [0.4, 0.5) is 0 Å². The standard InChI is InChI=1S/C25H23NO2/c1-2-16-28-23-12-8-20(9-13-23)21-10-14-24-22(17-21)11-15-25(27)26(24)18-19-6-4-3-5-7-19/h3-15,17H,2,16,18H2,1H3. The molecule has 3 heteroatoms. The van der Waals surface area contributed by atoms with Crippen LogP contribution < -0.4 is 10.3 Å². The van der Waals surface area contributed by atoms with Crippen LogP contribution in [-0.2, 0) is 6.54 Å². The first-order chi connectivity index (χ1) is 13.7. The van der Waals surface area contributed by atoms with Gasteiger partial charge in [0.1, 0.15) is 5.75 Å². The van der Waals surface area contributed by atoms with Gasteiger partial charge in [0.05, 0.1) is 18.7 Å². The van der Waals surface area contributed by atoms with E-state index in [4.69, 9.17) is 4.74 Å². The summed E-state index contributed by atoms with van der Waals surface area (Å²) in [7, 11) is 0. The minimum Gasteiger partial charge on any atom is -0.494 e. The molecule has 140 valence electrons. The number of hydrogen-bond acceptors (Lipinski definition) is 2. The van der Waals surface area contributed by atoms with E-state index < -0.39 is 0 Å². The molecular formula is C25H23NO2. The van der Waals surface area contributed by atoms with E-state index in [0.29, 0.717) is 6.54 Å². The quantitative estimate of drug-likeness (QED) is 0.449. The molecule has 0 aliphatic carbocycles. The minimum atomic E-state index is 0.0153. The zero-order chi connectivity index (χ0) is 19.3. The highest BCUT2D eigenvalue weighted by Crippen LogP contribution is 2.26. The SMILES string of the molecule is CCCOc1ccc(-c2ccc3c(ccc(=O)n3Cc3ccccc3)c2)cc1. The second-order valence-corrected chi connectivity index (χ2v) is 6.89. The second-order valence-electron chi connectivity index (χ2n) is 6.89. The van der Waals surface area contributed by atoms with E-state index in [2.05, 4.69) is 31.2 Å². The van der Waals surface area contributed by atoms with E-state index in [1.807, 2.05) is 59.2 Å². The van der Waals surface area contributed by atoms with Gasteiger partial charge in [-0.3, -0.25) is 4.79 Å². The molecule has 0 atom stereocenters. The number of benzene rings is 3. The summed E-state index contributed by atoms with van der Waals surface area (Å²) in [4.78, 5) is 12.5. The highest BCUT2D eigenvalue weighted by atomic mass is 16.5. The maximum absolute atomic E-state index is 12.5. The molecule has 1 heterocycles. The van der Waals surface area contributed by atoms with Gasteiger partial charge in [-0.2, -0.15) is 0 Å². The topological polar surface area (TPSA) is 31.2 Å². The zero-order valence-electron chi connectivity index (χ0n) is 16.0. The van der Waals surface area contributed by atoms with Crippen molar-refractivity contribution in [2.45, 2.75) is 19.9 Å². The summed E-state index contributed by atoms with van der Waals surface area (Å²) >= 11 is 0. The van der Waals surface area contributed by atoms with Gasteiger partial charge in [0.2, 0.25) is 0 Å². The van der Waals surface area contributed by atoms with Crippen molar-refractivity contribution in [2.75, 3.05) is 6.61 Å². The number of nitrogens with zero attached hydrogens (tertiary/aromatic N) is 1. The monoisotopic (exact) mass is 369 g/mol. The van der Waals surface area contributed by atoms with Crippen LogP contribution in [0.3, 0.4) is 0 Å². The van der Waals surface area contributed by atoms with Gasteiger partial charge in [-0.25, -0.2) is 0 Å². The Morgan fingerprint density at radius 1 is 0.821 bits per heavy atom. The van der Waals surface area contributed by atoms with Crippen molar-refractivity contribution in [3.05, 3.63) is 101 Å². The van der Waals surface area contributed by atoms with Gasteiger partial charge in [0.15, 0.2) is 0 Å². The highest BCUT2D eigenvalue weighted by Gasteiger charge is 2.06. The Morgan fingerprint density at radius 2 is 1.57 bits per heavy atom. The van der Waals surface area contributed by atoms with Crippen LogP contribution in [0.5, 0.6) is 5.75 Å². The lowest BCUT2D eigenvalue weighted by Gasteiger charge is -2.12. The van der Waals surface area contributed by atoms with Gasteiger partial charge >= 0.3 is 0 Å². The molecule has 4 rings (SSSR count). The largest absolute Gasteiger partial charge is 0.494 e. The highest BCUT2D eigenvalue weighted by molar-refractivity contribution is 5.85.